The molecule has 4 aliphatic carbocycles. The maximum absolute atomic E-state index is 12.8. The zero-order valence-electron chi connectivity index (χ0n) is 14.6. The average Bonchev–Trinajstić information content (AvgIpc) is 3.42. The molecule has 0 unspecified atom stereocenters. The van der Waals surface area contributed by atoms with E-state index < -0.39 is 36.0 Å². The minimum Gasteiger partial charge on any atom is -0.325 e. The van der Waals surface area contributed by atoms with Gasteiger partial charge in [-0.25, -0.2) is 0 Å². The van der Waals surface area contributed by atoms with Gasteiger partial charge in [-0.2, -0.15) is 13.2 Å². The van der Waals surface area contributed by atoms with Gasteiger partial charge in [0.25, 0.3) is 0 Å². The molecule has 28 heavy (non-hydrogen) atoms. The van der Waals surface area contributed by atoms with Crippen molar-refractivity contribution in [3.63, 3.8) is 0 Å². The van der Waals surface area contributed by atoms with Crippen molar-refractivity contribution in [2.24, 2.45) is 35.5 Å². The lowest BCUT2D eigenvalue weighted by molar-refractivity contribution is -0.143. The number of hydrogen-bond donors (Lipinski definition) is 1. The summed E-state index contributed by atoms with van der Waals surface area (Å²) >= 11 is 0. The highest BCUT2D eigenvalue weighted by Gasteiger charge is 2.67. The minimum atomic E-state index is -4.52. The van der Waals surface area contributed by atoms with Crippen molar-refractivity contribution in [2.75, 3.05) is 11.9 Å². The molecule has 1 aromatic rings. The third kappa shape index (κ3) is 2.50. The largest absolute Gasteiger partial charge is 0.416 e. The van der Waals surface area contributed by atoms with Gasteiger partial charge >= 0.3 is 6.18 Å². The highest BCUT2D eigenvalue weighted by Crippen LogP contribution is 2.65. The molecule has 8 heteroatoms. The van der Waals surface area contributed by atoms with Gasteiger partial charge in [-0.1, -0.05) is 18.2 Å². The predicted octanol–water partition coefficient (Wildman–Crippen LogP) is 2.70. The number of benzene rings is 1. The summed E-state index contributed by atoms with van der Waals surface area (Å²) in [5.74, 6) is -1.09. The van der Waals surface area contributed by atoms with Crippen molar-refractivity contribution in [1.82, 2.24) is 4.90 Å². The Labute approximate surface area is 158 Å². The summed E-state index contributed by atoms with van der Waals surface area (Å²) in [5, 5.41) is 2.36. The fraction of sp³-hybridized carbons (Fsp3) is 0.450. The Hall–Kier alpha value is -2.64. The Morgan fingerprint density at radius 2 is 1.68 bits per heavy atom. The van der Waals surface area contributed by atoms with Crippen molar-refractivity contribution in [1.29, 1.82) is 0 Å². The van der Waals surface area contributed by atoms with Gasteiger partial charge in [-0.15, -0.1) is 0 Å². The van der Waals surface area contributed by atoms with Gasteiger partial charge in [0.15, 0.2) is 0 Å². The molecule has 6 atom stereocenters. The Kier molecular flexibility index (Phi) is 3.54. The number of nitrogens with zero attached hydrogens (tertiary/aromatic N) is 1. The van der Waals surface area contributed by atoms with E-state index >= 15 is 0 Å². The highest BCUT2D eigenvalue weighted by molar-refractivity contribution is 6.09. The quantitative estimate of drug-likeness (QED) is 0.638. The van der Waals surface area contributed by atoms with E-state index in [4.69, 9.17) is 0 Å². The molecule has 1 aromatic carbocycles. The summed E-state index contributed by atoms with van der Waals surface area (Å²) < 4.78 is 38.4. The van der Waals surface area contributed by atoms with E-state index in [1.54, 1.807) is 0 Å². The number of nitrogens with one attached hydrogen (secondary N) is 1. The van der Waals surface area contributed by atoms with Gasteiger partial charge in [0.1, 0.15) is 6.54 Å². The third-order valence-electron chi connectivity index (χ3n) is 6.53. The molecule has 5 aliphatic rings. The highest BCUT2D eigenvalue weighted by atomic mass is 19.4. The Balaban J connectivity index is 1.30. The van der Waals surface area contributed by atoms with Crippen molar-refractivity contribution >= 4 is 23.4 Å². The van der Waals surface area contributed by atoms with Gasteiger partial charge < -0.3 is 5.32 Å². The van der Waals surface area contributed by atoms with Gasteiger partial charge in [0, 0.05) is 5.69 Å². The van der Waals surface area contributed by atoms with Crippen LogP contribution in [0, 0.1) is 35.5 Å². The monoisotopic (exact) mass is 390 g/mol. The van der Waals surface area contributed by atoms with Crippen LogP contribution in [0.2, 0.25) is 0 Å². The van der Waals surface area contributed by atoms with Gasteiger partial charge in [-0.3, -0.25) is 19.3 Å². The van der Waals surface area contributed by atoms with Crippen LogP contribution in [0.15, 0.2) is 36.4 Å². The molecular weight excluding hydrogens is 373 g/mol. The number of hydrogen-bond acceptors (Lipinski definition) is 3. The van der Waals surface area contributed by atoms with Gasteiger partial charge in [0.2, 0.25) is 17.7 Å². The van der Waals surface area contributed by atoms with Crippen LogP contribution < -0.4 is 5.32 Å². The maximum Gasteiger partial charge on any atom is 0.416 e. The molecule has 1 heterocycles. The second-order valence-electron chi connectivity index (χ2n) is 8.04. The number of carbonyl (C=O) groups is 3. The fourth-order valence-corrected chi connectivity index (χ4v) is 5.29. The molecular formula is C20H17F3N2O3. The van der Waals surface area contributed by atoms with Crippen LogP contribution in [0.25, 0.3) is 0 Å². The van der Waals surface area contributed by atoms with Crippen LogP contribution in [0.4, 0.5) is 18.9 Å². The van der Waals surface area contributed by atoms with Crippen LogP contribution in [0.1, 0.15) is 12.0 Å². The van der Waals surface area contributed by atoms with E-state index in [0.29, 0.717) is 11.8 Å². The number of likely N-dealkylation sites (tertiary alicyclic amines) is 1. The van der Waals surface area contributed by atoms with Crippen molar-refractivity contribution in [3.8, 4) is 0 Å². The summed E-state index contributed by atoms with van der Waals surface area (Å²) in [4.78, 5) is 38.9. The van der Waals surface area contributed by atoms with Crippen LogP contribution in [-0.4, -0.2) is 29.2 Å². The third-order valence-corrected chi connectivity index (χ3v) is 6.53. The van der Waals surface area contributed by atoms with Gasteiger partial charge in [-0.05, 0) is 48.3 Å². The number of anilines is 1. The Morgan fingerprint density at radius 1 is 1.07 bits per heavy atom. The molecule has 2 saturated carbocycles. The number of allylic oxidation sites excluding steroid dienone is 2. The summed E-state index contributed by atoms with van der Waals surface area (Å²) in [6.45, 7) is -0.477. The number of alkyl halides is 3. The number of halogens is 3. The molecule has 5 nitrogen and oxygen atoms in total. The molecule has 0 radical (unpaired) electrons. The second kappa shape index (κ2) is 5.68. The zero-order valence-corrected chi connectivity index (χ0v) is 14.6. The first kappa shape index (κ1) is 17.5. The normalized spacial score (nSPS) is 35.0. The first-order valence-corrected chi connectivity index (χ1v) is 9.26. The minimum absolute atomic E-state index is 0.0284. The fourth-order valence-electron chi connectivity index (χ4n) is 5.29. The lowest BCUT2D eigenvalue weighted by atomic mass is 9.63. The summed E-state index contributed by atoms with van der Waals surface area (Å²) in [7, 11) is 0. The zero-order chi connectivity index (χ0) is 19.8. The van der Waals surface area contributed by atoms with E-state index in [1.807, 2.05) is 12.2 Å². The Bertz CT molecular complexity index is 890. The smallest absolute Gasteiger partial charge is 0.325 e. The maximum atomic E-state index is 12.8. The van der Waals surface area contributed by atoms with E-state index in [1.165, 1.54) is 12.1 Å². The molecule has 1 aliphatic heterocycles. The predicted molar refractivity (Wildman–Crippen MR) is 91.5 cm³/mol. The lowest BCUT2D eigenvalue weighted by Gasteiger charge is -2.37. The van der Waals surface area contributed by atoms with Crippen LogP contribution in [0.5, 0.6) is 0 Å². The number of imide groups is 1. The first-order valence-electron chi connectivity index (χ1n) is 9.26. The molecule has 3 fully saturated rings. The van der Waals surface area contributed by atoms with Gasteiger partial charge in [0.05, 0.1) is 17.4 Å². The van der Waals surface area contributed by atoms with Crippen LogP contribution in [-0.2, 0) is 20.6 Å². The molecule has 1 saturated heterocycles. The van der Waals surface area contributed by atoms with E-state index in [2.05, 4.69) is 5.32 Å². The summed E-state index contributed by atoms with van der Waals surface area (Å²) in [6, 6.07) is 4.25. The topological polar surface area (TPSA) is 66.5 Å². The van der Waals surface area contributed by atoms with Crippen LogP contribution >= 0.6 is 0 Å². The molecule has 146 valence electrons. The van der Waals surface area contributed by atoms with Crippen molar-refractivity contribution in [3.05, 3.63) is 42.0 Å². The number of carbonyl (C=O) groups excluding carboxylic acids is 3. The molecule has 0 spiro atoms. The average molecular weight is 390 g/mol. The molecule has 2 bridgehead atoms. The van der Waals surface area contributed by atoms with E-state index in [-0.39, 0.29) is 29.3 Å². The first-order chi connectivity index (χ1) is 13.3. The molecule has 3 amide bonds. The second-order valence-corrected chi connectivity index (χ2v) is 8.04. The standard InChI is InChI=1S/C20H17F3N2O3/c21-20(22,23)9-2-1-3-10(6-9)24-15(26)8-25-18(27)16-11-4-5-12(14-7-13(11)14)17(16)19(25)28/h1-6,11-14,16-17H,7-8H2,(H,24,26)/t11-,12-,13-,14+,16-,17+/m0/s1. The molecule has 6 rings (SSSR count). The van der Waals surface area contributed by atoms with E-state index in [9.17, 15) is 27.6 Å². The lowest BCUT2D eigenvalue weighted by Crippen LogP contribution is -2.40. The van der Waals surface area contributed by atoms with E-state index in [0.717, 1.165) is 23.5 Å². The summed E-state index contributed by atoms with van der Waals surface area (Å²) in [6.07, 6.45) is 0.602. The molecule has 1 N–H and O–H groups in total. The number of rotatable bonds is 3. The number of amides is 3. The van der Waals surface area contributed by atoms with Crippen LogP contribution in [0.3, 0.4) is 0 Å². The van der Waals surface area contributed by atoms with Crippen molar-refractivity contribution < 1.29 is 27.6 Å². The SMILES string of the molecule is O=C(CN1C(=O)[C@@H]2[C@H]3C=C[C@@H]([C@@H]4C[C@H]34)[C@@H]2C1=O)Nc1cccc(C(F)(F)F)c1. The Morgan fingerprint density at radius 3 is 2.25 bits per heavy atom. The van der Waals surface area contributed by atoms with Crippen molar-refractivity contribution in [2.45, 2.75) is 12.6 Å². The molecule has 0 aromatic heterocycles. The summed E-state index contributed by atoms with van der Waals surface area (Å²) in [5.41, 5.74) is -0.911.